The Hall–Kier alpha value is -1.98. The molecule has 90 valence electrons. The molecule has 0 bridgehead atoms. The fourth-order valence-electron chi connectivity index (χ4n) is 1.57. The van der Waals surface area contributed by atoms with E-state index in [9.17, 15) is 18.0 Å². The number of benzene rings is 1. The Bertz CT molecular complexity index is 595. The van der Waals surface area contributed by atoms with Crippen molar-refractivity contribution in [2.75, 3.05) is 0 Å². The van der Waals surface area contributed by atoms with Crippen molar-refractivity contribution in [2.24, 2.45) is 7.05 Å². The van der Waals surface area contributed by atoms with Gasteiger partial charge in [-0.2, -0.15) is 13.2 Å². The van der Waals surface area contributed by atoms with Crippen LogP contribution in [0.4, 0.5) is 13.2 Å². The monoisotopic (exact) mass is 242 g/mol. The molecule has 0 aliphatic carbocycles. The number of para-hydroxylation sites is 1. The lowest BCUT2D eigenvalue weighted by Crippen LogP contribution is -2.22. The van der Waals surface area contributed by atoms with Gasteiger partial charge in [-0.1, -0.05) is 12.1 Å². The van der Waals surface area contributed by atoms with E-state index in [4.69, 9.17) is 0 Å². The van der Waals surface area contributed by atoms with E-state index in [1.54, 1.807) is 0 Å². The largest absolute Gasteiger partial charge is 0.418 e. The zero-order valence-corrected chi connectivity index (χ0v) is 8.90. The molecule has 0 aliphatic rings. The summed E-state index contributed by atoms with van der Waals surface area (Å²) in [4.78, 5) is 11.6. The van der Waals surface area contributed by atoms with Gasteiger partial charge < -0.3 is 4.57 Å². The molecule has 0 radical (unpaired) electrons. The Morgan fingerprint density at radius 3 is 2.29 bits per heavy atom. The number of aromatic nitrogens is 2. The molecule has 0 spiro atoms. The van der Waals surface area contributed by atoms with E-state index < -0.39 is 17.4 Å². The molecule has 2 aromatic rings. The first-order valence-corrected chi connectivity index (χ1v) is 4.82. The Balaban J connectivity index is 2.69. The van der Waals surface area contributed by atoms with Gasteiger partial charge in [-0.15, -0.1) is 0 Å². The highest BCUT2D eigenvalue weighted by Gasteiger charge is 2.33. The number of aryl methyl sites for hydroxylation is 1. The lowest BCUT2D eigenvalue weighted by Gasteiger charge is -2.12. The summed E-state index contributed by atoms with van der Waals surface area (Å²) in [7, 11) is 1.48. The molecule has 0 saturated carbocycles. The molecule has 1 aromatic heterocycles. The summed E-state index contributed by atoms with van der Waals surface area (Å²) in [5.41, 5.74) is -1.50. The van der Waals surface area contributed by atoms with Crippen LogP contribution in [-0.4, -0.2) is 9.13 Å². The van der Waals surface area contributed by atoms with E-state index >= 15 is 0 Å². The number of hydrogen-bond acceptors (Lipinski definition) is 1. The first-order chi connectivity index (χ1) is 7.91. The van der Waals surface area contributed by atoms with E-state index in [0.717, 1.165) is 10.6 Å². The van der Waals surface area contributed by atoms with Crippen molar-refractivity contribution in [3.05, 3.63) is 52.7 Å². The fraction of sp³-hybridized carbons (Fsp3) is 0.182. The van der Waals surface area contributed by atoms with Gasteiger partial charge in [-0.3, -0.25) is 4.57 Å². The number of rotatable bonds is 1. The van der Waals surface area contributed by atoms with Crippen molar-refractivity contribution in [1.29, 1.82) is 0 Å². The smallest absolute Gasteiger partial charge is 0.302 e. The molecule has 2 rings (SSSR count). The van der Waals surface area contributed by atoms with E-state index in [-0.39, 0.29) is 5.69 Å². The van der Waals surface area contributed by atoms with Crippen LogP contribution in [0, 0.1) is 0 Å². The van der Waals surface area contributed by atoms with Crippen LogP contribution in [-0.2, 0) is 13.2 Å². The van der Waals surface area contributed by atoms with Crippen molar-refractivity contribution in [1.82, 2.24) is 9.13 Å². The predicted molar refractivity (Wildman–Crippen MR) is 56.0 cm³/mol. The van der Waals surface area contributed by atoms with E-state index in [0.29, 0.717) is 0 Å². The van der Waals surface area contributed by atoms with Gasteiger partial charge in [0.1, 0.15) is 0 Å². The zero-order valence-electron chi connectivity index (χ0n) is 8.90. The standard InChI is InChI=1S/C11H9F3N2O/c1-15-6-7-16(10(15)17)9-5-3-2-4-8(9)11(12,13)14/h2-7H,1H3. The number of alkyl halides is 3. The highest BCUT2D eigenvalue weighted by molar-refractivity contribution is 5.42. The van der Waals surface area contributed by atoms with Gasteiger partial charge in [0, 0.05) is 19.4 Å². The number of halogens is 3. The van der Waals surface area contributed by atoms with Gasteiger partial charge in [-0.05, 0) is 12.1 Å². The molecule has 6 heteroatoms. The third-order valence-corrected chi connectivity index (χ3v) is 2.42. The minimum Gasteiger partial charge on any atom is -0.302 e. The van der Waals surface area contributed by atoms with Crippen molar-refractivity contribution < 1.29 is 13.2 Å². The number of nitrogens with zero attached hydrogens (tertiary/aromatic N) is 2. The number of imidazole rings is 1. The molecule has 0 fully saturated rings. The van der Waals surface area contributed by atoms with Crippen molar-refractivity contribution in [3.63, 3.8) is 0 Å². The van der Waals surface area contributed by atoms with Crippen LogP contribution in [0.2, 0.25) is 0 Å². The van der Waals surface area contributed by atoms with Gasteiger partial charge in [0.05, 0.1) is 11.3 Å². The van der Waals surface area contributed by atoms with Gasteiger partial charge >= 0.3 is 11.9 Å². The summed E-state index contributed by atoms with van der Waals surface area (Å²) in [6.07, 6.45) is -1.76. The van der Waals surface area contributed by atoms with Gasteiger partial charge in [-0.25, -0.2) is 4.79 Å². The Morgan fingerprint density at radius 2 is 1.76 bits per heavy atom. The van der Waals surface area contributed by atoms with Crippen LogP contribution < -0.4 is 5.69 Å². The first-order valence-electron chi connectivity index (χ1n) is 4.82. The summed E-state index contributed by atoms with van der Waals surface area (Å²) in [5.74, 6) is 0. The van der Waals surface area contributed by atoms with E-state index in [1.807, 2.05) is 0 Å². The number of hydrogen-bond donors (Lipinski definition) is 0. The minimum atomic E-state index is -4.48. The van der Waals surface area contributed by atoms with Gasteiger partial charge in [0.2, 0.25) is 0 Å². The Morgan fingerprint density at radius 1 is 1.12 bits per heavy atom. The molecular weight excluding hydrogens is 233 g/mol. The van der Waals surface area contributed by atoms with Crippen LogP contribution in [0.15, 0.2) is 41.5 Å². The highest BCUT2D eigenvalue weighted by Crippen LogP contribution is 2.33. The average molecular weight is 242 g/mol. The second-order valence-corrected chi connectivity index (χ2v) is 3.58. The summed E-state index contributed by atoms with van der Waals surface area (Å²) in [6, 6.07) is 4.98. The average Bonchev–Trinajstić information content (AvgIpc) is 2.59. The lowest BCUT2D eigenvalue weighted by molar-refractivity contribution is -0.137. The maximum Gasteiger partial charge on any atom is 0.418 e. The quantitative estimate of drug-likeness (QED) is 0.753. The molecule has 1 heterocycles. The molecule has 0 N–H and O–H groups in total. The third kappa shape index (κ3) is 1.98. The van der Waals surface area contributed by atoms with Crippen LogP contribution >= 0.6 is 0 Å². The van der Waals surface area contributed by atoms with E-state index in [2.05, 4.69) is 0 Å². The molecule has 0 aliphatic heterocycles. The molecular formula is C11H9F3N2O. The van der Waals surface area contributed by atoms with Crippen molar-refractivity contribution in [2.45, 2.75) is 6.18 Å². The molecule has 3 nitrogen and oxygen atoms in total. The third-order valence-electron chi connectivity index (χ3n) is 2.42. The van der Waals surface area contributed by atoms with Crippen LogP contribution in [0.1, 0.15) is 5.56 Å². The normalized spacial score (nSPS) is 11.8. The second kappa shape index (κ2) is 3.80. The summed E-state index contributed by atoms with van der Waals surface area (Å²) in [6.45, 7) is 0. The van der Waals surface area contributed by atoms with Crippen LogP contribution in [0.25, 0.3) is 5.69 Å². The van der Waals surface area contributed by atoms with E-state index in [1.165, 1.54) is 42.2 Å². The van der Waals surface area contributed by atoms with Crippen molar-refractivity contribution >= 4 is 0 Å². The van der Waals surface area contributed by atoms with Gasteiger partial charge in [0.15, 0.2) is 0 Å². The Kier molecular flexibility index (Phi) is 2.57. The highest BCUT2D eigenvalue weighted by atomic mass is 19.4. The summed E-state index contributed by atoms with van der Waals surface area (Å²) >= 11 is 0. The predicted octanol–water partition coefficient (Wildman–Crippen LogP) is 2.19. The summed E-state index contributed by atoms with van der Waals surface area (Å²) in [5, 5.41) is 0. The lowest BCUT2D eigenvalue weighted by atomic mass is 10.1. The first kappa shape index (κ1) is 11.5. The SMILES string of the molecule is Cn1ccn(-c2ccccc2C(F)(F)F)c1=O. The molecule has 1 aromatic carbocycles. The summed E-state index contributed by atoms with van der Waals surface area (Å²) < 4.78 is 40.4. The van der Waals surface area contributed by atoms with Gasteiger partial charge in [0.25, 0.3) is 0 Å². The maximum atomic E-state index is 12.8. The molecule has 0 atom stereocenters. The zero-order chi connectivity index (χ0) is 12.6. The van der Waals surface area contributed by atoms with Crippen LogP contribution in [0.5, 0.6) is 0 Å². The molecule has 17 heavy (non-hydrogen) atoms. The molecule has 0 saturated heterocycles. The topological polar surface area (TPSA) is 26.9 Å². The fourth-order valence-corrected chi connectivity index (χ4v) is 1.57. The minimum absolute atomic E-state index is 0.161. The second-order valence-electron chi connectivity index (χ2n) is 3.58. The Labute approximate surface area is 94.7 Å². The molecule has 0 amide bonds. The molecule has 0 unspecified atom stereocenters. The van der Waals surface area contributed by atoms with Crippen molar-refractivity contribution in [3.8, 4) is 5.69 Å². The van der Waals surface area contributed by atoms with Crippen LogP contribution in [0.3, 0.4) is 0 Å². The maximum absolute atomic E-state index is 12.8.